The van der Waals surface area contributed by atoms with Gasteiger partial charge < -0.3 is 9.30 Å². The molecule has 0 aromatic carbocycles. The number of hydrogen-bond donors (Lipinski definition) is 0. The summed E-state index contributed by atoms with van der Waals surface area (Å²) in [6.45, 7) is 4.31. The summed E-state index contributed by atoms with van der Waals surface area (Å²) < 4.78 is 7.15. The molecule has 0 unspecified atom stereocenters. The molecule has 1 aliphatic rings. The molecule has 1 aromatic rings. The minimum Gasteiger partial charge on any atom is -0.466 e. The van der Waals surface area contributed by atoms with Crippen LogP contribution in [0.15, 0.2) is 6.33 Å². The number of esters is 1. The van der Waals surface area contributed by atoms with Crippen LogP contribution < -0.4 is 0 Å². The normalized spacial score (nSPS) is 23.9. The highest BCUT2D eigenvalue weighted by atomic mass is 16.5. The Morgan fingerprint density at radius 3 is 2.72 bits per heavy atom. The lowest BCUT2D eigenvalue weighted by molar-refractivity contribution is -0.144. The number of nitrogens with zero attached hydrogens (tertiary/aromatic N) is 3. The Morgan fingerprint density at radius 2 is 2.17 bits per heavy atom. The Balaban J connectivity index is 1.81. The van der Waals surface area contributed by atoms with Crippen molar-refractivity contribution < 1.29 is 9.53 Å². The summed E-state index contributed by atoms with van der Waals surface area (Å²) in [5.74, 6) is 1.40. The van der Waals surface area contributed by atoms with Gasteiger partial charge in [-0.1, -0.05) is 0 Å². The van der Waals surface area contributed by atoms with Crippen molar-refractivity contribution in [2.24, 2.45) is 5.92 Å². The zero-order valence-electron chi connectivity index (χ0n) is 11.1. The van der Waals surface area contributed by atoms with Crippen molar-refractivity contribution in [2.75, 3.05) is 6.61 Å². The number of hydrogen-bond acceptors (Lipinski definition) is 4. The van der Waals surface area contributed by atoms with Crippen molar-refractivity contribution in [1.82, 2.24) is 14.8 Å². The Hall–Kier alpha value is -1.39. The molecule has 1 aliphatic carbocycles. The van der Waals surface area contributed by atoms with E-state index in [0.717, 1.165) is 31.5 Å². The molecular formula is C13H21N3O2. The minimum absolute atomic E-state index is 0.0542. The molecule has 5 nitrogen and oxygen atoms in total. The second-order valence-electron chi connectivity index (χ2n) is 4.97. The number of rotatable bonds is 4. The average Bonchev–Trinajstić information content (AvgIpc) is 2.77. The summed E-state index contributed by atoms with van der Waals surface area (Å²) in [6, 6.07) is 0.499. The first-order chi connectivity index (χ1) is 8.70. The fourth-order valence-electron chi connectivity index (χ4n) is 2.74. The van der Waals surface area contributed by atoms with E-state index in [1.165, 1.54) is 0 Å². The van der Waals surface area contributed by atoms with Crippen LogP contribution in [0.2, 0.25) is 0 Å². The second kappa shape index (κ2) is 5.98. The predicted octanol–water partition coefficient (Wildman–Crippen LogP) is 2.27. The van der Waals surface area contributed by atoms with Crippen molar-refractivity contribution in [3.05, 3.63) is 12.2 Å². The summed E-state index contributed by atoms with van der Waals surface area (Å²) in [5.41, 5.74) is 0. The molecule has 0 aliphatic heterocycles. The van der Waals surface area contributed by atoms with Crippen molar-refractivity contribution >= 4 is 5.97 Å². The lowest BCUT2D eigenvalue weighted by Gasteiger charge is -2.29. The predicted molar refractivity (Wildman–Crippen MR) is 67.0 cm³/mol. The Kier molecular flexibility index (Phi) is 4.33. The number of aromatic nitrogens is 3. The smallest absolute Gasteiger partial charge is 0.306 e. The quantitative estimate of drug-likeness (QED) is 0.770. The maximum Gasteiger partial charge on any atom is 0.306 e. The summed E-state index contributed by atoms with van der Waals surface area (Å²) in [5, 5.41) is 7.95. The van der Waals surface area contributed by atoms with Gasteiger partial charge >= 0.3 is 5.97 Å². The van der Waals surface area contributed by atoms with Crippen LogP contribution in [0.1, 0.15) is 50.9 Å². The largest absolute Gasteiger partial charge is 0.466 e. The third-order valence-electron chi connectivity index (χ3n) is 3.72. The van der Waals surface area contributed by atoms with E-state index in [0.29, 0.717) is 25.0 Å². The van der Waals surface area contributed by atoms with E-state index >= 15 is 0 Å². The Labute approximate surface area is 108 Å². The van der Waals surface area contributed by atoms with Gasteiger partial charge in [0, 0.05) is 12.5 Å². The molecule has 0 spiro atoms. The van der Waals surface area contributed by atoms with Gasteiger partial charge in [0.1, 0.15) is 12.2 Å². The molecule has 2 rings (SSSR count). The van der Waals surface area contributed by atoms with E-state index in [2.05, 4.69) is 14.8 Å². The highest BCUT2D eigenvalue weighted by Crippen LogP contribution is 2.34. The standard InChI is InChI=1S/C13H21N3O2/c1-3-18-13(17)8-11-4-6-12(7-5-11)16-9-14-15-10(16)2/h9,11-12H,3-8H2,1-2H3. The van der Waals surface area contributed by atoms with Crippen molar-refractivity contribution in [1.29, 1.82) is 0 Å². The monoisotopic (exact) mass is 251 g/mol. The number of carbonyl (C=O) groups excluding carboxylic acids is 1. The molecule has 0 N–H and O–H groups in total. The van der Waals surface area contributed by atoms with Crippen LogP contribution >= 0.6 is 0 Å². The van der Waals surface area contributed by atoms with Gasteiger partial charge in [-0.3, -0.25) is 4.79 Å². The highest BCUT2D eigenvalue weighted by Gasteiger charge is 2.25. The Morgan fingerprint density at radius 1 is 1.44 bits per heavy atom. The fourth-order valence-corrected chi connectivity index (χ4v) is 2.74. The molecule has 1 aromatic heterocycles. The average molecular weight is 251 g/mol. The molecule has 0 amide bonds. The van der Waals surface area contributed by atoms with E-state index in [-0.39, 0.29) is 5.97 Å². The second-order valence-corrected chi connectivity index (χ2v) is 4.97. The highest BCUT2D eigenvalue weighted by molar-refractivity contribution is 5.69. The summed E-state index contributed by atoms with van der Waals surface area (Å²) in [6.07, 6.45) is 6.75. The van der Waals surface area contributed by atoms with Crippen LogP contribution in [0.4, 0.5) is 0 Å². The molecule has 0 saturated heterocycles. The Bertz CT molecular complexity index is 395. The molecular weight excluding hydrogens is 230 g/mol. The van der Waals surface area contributed by atoms with Crippen LogP contribution in [0, 0.1) is 12.8 Å². The van der Waals surface area contributed by atoms with E-state index in [9.17, 15) is 4.79 Å². The van der Waals surface area contributed by atoms with E-state index in [4.69, 9.17) is 4.74 Å². The molecule has 18 heavy (non-hydrogen) atoms. The first-order valence-corrected chi connectivity index (χ1v) is 6.72. The van der Waals surface area contributed by atoms with Crippen molar-refractivity contribution in [2.45, 2.75) is 52.0 Å². The molecule has 100 valence electrons. The first kappa shape index (κ1) is 13.1. The number of carbonyl (C=O) groups is 1. The van der Waals surface area contributed by atoms with Crippen LogP contribution in [0.25, 0.3) is 0 Å². The third kappa shape index (κ3) is 3.09. The van der Waals surface area contributed by atoms with Gasteiger partial charge in [0.2, 0.25) is 0 Å². The SMILES string of the molecule is CCOC(=O)CC1CCC(n2cnnc2C)CC1. The molecule has 0 radical (unpaired) electrons. The van der Waals surface area contributed by atoms with Crippen LogP contribution in [0.3, 0.4) is 0 Å². The molecule has 1 saturated carbocycles. The summed E-state index contributed by atoms with van der Waals surface area (Å²) in [4.78, 5) is 11.4. The lowest BCUT2D eigenvalue weighted by atomic mass is 9.84. The van der Waals surface area contributed by atoms with Gasteiger partial charge in [0.15, 0.2) is 0 Å². The zero-order valence-corrected chi connectivity index (χ0v) is 11.1. The van der Waals surface area contributed by atoms with Crippen LogP contribution in [0.5, 0.6) is 0 Å². The van der Waals surface area contributed by atoms with Crippen molar-refractivity contribution in [3.8, 4) is 0 Å². The molecule has 1 heterocycles. The van der Waals surface area contributed by atoms with Crippen LogP contribution in [-0.4, -0.2) is 27.3 Å². The summed E-state index contributed by atoms with van der Waals surface area (Å²) in [7, 11) is 0. The van der Waals surface area contributed by atoms with Gasteiger partial charge in [0.05, 0.1) is 6.61 Å². The maximum absolute atomic E-state index is 11.4. The minimum atomic E-state index is -0.0542. The molecule has 0 bridgehead atoms. The lowest BCUT2D eigenvalue weighted by Crippen LogP contribution is -2.21. The number of aryl methyl sites for hydroxylation is 1. The van der Waals surface area contributed by atoms with Gasteiger partial charge in [-0.2, -0.15) is 0 Å². The topological polar surface area (TPSA) is 57.0 Å². The van der Waals surface area contributed by atoms with Gasteiger partial charge in [-0.05, 0) is 45.4 Å². The van der Waals surface area contributed by atoms with Gasteiger partial charge in [-0.15, -0.1) is 10.2 Å². The third-order valence-corrected chi connectivity index (χ3v) is 3.72. The molecule has 0 atom stereocenters. The summed E-state index contributed by atoms with van der Waals surface area (Å²) >= 11 is 0. The van der Waals surface area contributed by atoms with Crippen molar-refractivity contribution in [3.63, 3.8) is 0 Å². The zero-order chi connectivity index (χ0) is 13.0. The van der Waals surface area contributed by atoms with Gasteiger partial charge in [-0.25, -0.2) is 0 Å². The number of ether oxygens (including phenoxy) is 1. The van der Waals surface area contributed by atoms with E-state index in [1.807, 2.05) is 20.2 Å². The first-order valence-electron chi connectivity index (χ1n) is 6.72. The van der Waals surface area contributed by atoms with Crippen LogP contribution in [-0.2, 0) is 9.53 Å². The van der Waals surface area contributed by atoms with E-state index < -0.39 is 0 Å². The van der Waals surface area contributed by atoms with E-state index in [1.54, 1.807) is 0 Å². The molecule has 5 heteroatoms. The fraction of sp³-hybridized carbons (Fsp3) is 0.769. The molecule has 1 fully saturated rings. The maximum atomic E-state index is 11.4. The van der Waals surface area contributed by atoms with Gasteiger partial charge in [0.25, 0.3) is 0 Å².